The number of benzene rings is 2. The van der Waals surface area contributed by atoms with Gasteiger partial charge in [0.05, 0.1) is 0 Å². The Hall–Kier alpha value is -2.93. The highest BCUT2D eigenvalue weighted by Gasteiger charge is 2.49. The third-order valence-electron chi connectivity index (χ3n) is 4.47. The van der Waals surface area contributed by atoms with Crippen molar-refractivity contribution in [1.82, 2.24) is 10.2 Å². The summed E-state index contributed by atoms with van der Waals surface area (Å²) in [6.45, 7) is 2.79. The Kier molecular flexibility index (Phi) is 4.89. The predicted octanol–water partition coefficient (Wildman–Crippen LogP) is 3.19. The van der Waals surface area contributed by atoms with Crippen molar-refractivity contribution in [1.29, 1.82) is 0 Å². The molecule has 2 N–H and O–H groups in total. The molecule has 2 aromatic rings. The summed E-state index contributed by atoms with van der Waals surface area (Å²) in [7, 11) is 0. The molecule has 6 nitrogen and oxygen atoms in total. The minimum Gasteiger partial charge on any atom is -0.324 e. The zero-order valence-electron chi connectivity index (χ0n) is 14.7. The van der Waals surface area contributed by atoms with E-state index in [1.54, 1.807) is 38.1 Å². The molecule has 0 unspecified atom stereocenters. The zero-order chi connectivity index (χ0) is 19.8. The van der Waals surface area contributed by atoms with Crippen molar-refractivity contribution < 1.29 is 18.8 Å². The minimum atomic E-state index is -1.29. The van der Waals surface area contributed by atoms with Crippen LogP contribution in [-0.4, -0.2) is 29.3 Å². The molecule has 3 rings (SSSR count). The third kappa shape index (κ3) is 3.64. The van der Waals surface area contributed by atoms with E-state index in [1.165, 1.54) is 18.2 Å². The lowest BCUT2D eigenvalue weighted by atomic mass is 9.92. The molecule has 27 heavy (non-hydrogen) atoms. The molecule has 4 amide bonds. The van der Waals surface area contributed by atoms with E-state index in [1.807, 2.05) is 0 Å². The molecule has 1 heterocycles. The van der Waals surface area contributed by atoms with Crippen LogP contribution in [0.1, 0.15) is 18.1 Å². The molecule has 1 aliphatic rings. The number of urea groups is 1. The largest absolute Gasteiger partial charge is 0.325 e. The SMILES string of the molecule is Cc1ccc(F)cc1NC(=O)CN1C(=O)N[C@](C)(c2ccc(Cl)cc2)C1=O. The van der Waals surface area contributed by atoms with Gasteiger partial charge < -0.3 is 10.6 Å². The Morgan fingerprint density at radius 1 is 1.22 bits per heavy atom. The van der Waals surface area contributed by atoms with Crippen LogP contribution in [-0.2, 0) is 15.1 Å². The summed E-state index contributed by atoms with van der Waals surface area (Å²) in [5.41, 5.74) is 0.200. The third-order valence-corrected chi connectivity index (χ3v) is 4.72. The first-order valence-corrected chi connectivity index (χ1v) is 8.54. The Morgan fingerprint density at radius 2 is 1.89 bits per heavy atom. The quantitative estimate of drug-likeness (QED) is 0.788. The number of halogens is 2. The van der Waals surface area contributed by atoms with Crippen LogP contribution < -0.4 is 10.6 Å². The first-order chi connectivity index (χ1) is 12.7. The van der Waals surface area contributed by atoms with Crippen LogP contribution in [0.2, 0.25) is 5.02 Å². The van der Waals surface area contributed by atoms with Crippen LogP contribution in [0.3, 0.4) is 0 Å². The lowest BCUT2D eigenvalue weighted by molar-refractivity contribution is -0.133. The van der Waals surface area contributed by atoms with Crippen LogP contribution in [0.15, 0.2) is 42.5 Å². The Bertz CT molecular complexity index is 932. The summed E-state index contributed by atoms with van der Waals surface area (Å²) in [6, 6.07) is 9.81. The molecule has 0 radical (unpaired) electrons. The number of nitrogens with zero attached hydrogens (tertiary/aromatic N) is 1. The zero-order valence-corrected chi connectivity index (χ0v) is 15.4. The van der Waals surface area contributed by atoms with Crippen molar-refractivity contribution in [2.45, 2.75) is 19.4 Å². The van der Waals surface area contributed by atoms with E-state index in [0.29, 0.717) is 16.1 Å². The van der Waals surface area contributed by atoms with Gasteiger partial charge in [-0.15, -0.1) is 0 Å². The van der Waals surface area contributed by atoms with Crippen LogP contribution in [0, 0.1) is 12.7 Å². The highest BCUT2D eigenvalue weighted by molar-refractivity contribution is 6.30. The molecule has 1 aliphatic heterocycles. The number of amides is 4. The van der Waals surface area contributed by atoms with Crippen molar-refractivity contribution in [2.75, 3.05) is 11.9 Å². The van der Waals surface area contributed by atoms with Gasteiger partial charge in [-0.1, -0.05) is 29.8 Å². The van der Waals surface area contributed by atoms with E-state index in [9.17, 15) is 18.8 Å². The van der Waals surface area contributed by atoms with Crippen LogP contribution in [0.4, 0.5) is 14.9 Å². The molecule has 0 spiro atoms. The maximum Gasteiger partial charge on any atom is 0.325 e. The molecule has 140 valence electrons. The van der Waals surface area contributed by atoms with Gasteiger partial charge >= 0.3 is 6.03 Å². The van der Waals surface area contributed by atoms with Crippen LogP contribution in [0.25, 0.3) is 0 Å². The molecular formula is C19H17ClFN3O3. The second-order valence-electron chi connectivity index (χ2n) is 6.46. The summed E-state index contributed by atoms with van der Waals surface area (Å²) in [6.07, 6.45) is 0. The molecular weight excluding hydrogens is 373 g/mol. The molecule has 1 saturated heterocycles. The van der Waals surface area contributed by atoms with Gasteiger partial charge in [0.2, 0.25) is 5.91 Å². The van der Waals surface area contributed by atoms with Gasteiger partial charge in [0, 0.05) is 10.7 Å². The number of rotatable bonds is 4. The van der Waals surface area contributed by atoms with Gasteiger partial charge in [-0.25, -0.2) is 9.18 Å². The average molecular weight is 390 g/mol. The molecule has 1 fully saturated rings. The van der Waals surface area contributed by atoms with E-state index in [4.69, 9.17) is 11.6 Å². The Morgan fingerprint density at radius 3 is 2.56 bits per heavy atom. The first kappa shape index (κ1) is 18.8. The number of carbonyl (C=O) groups excluding carboxylic acids is 3. The average Bonchev–Trinajstić information content (AvgIpc) is 2.83. The van der Waals surface area contributed by atoms with Gasteiger partial charge in [0.1, 0.15) is 17.9 Å². The number of imide groups is 1. The van der Waals surface area contributed by atoms with Crippen molar-refractivity contribution in [3.63, 3.8) is 0 Å². The fraction of sp³-hybridized carbons (Fsp3) is 0.211. The second-order valence-corrected chi connectivity index (χ2v) is 6.90. The Labute approximate surface area is 160 Å². The summed E-state index contributed by atoms with van der Waals surface area (Å²) in [5.74, 6) is -1.66. The van der Waals surface area contributed by atoms with Crippen LogP contribution >= 0.6 is 11.6 Å². The van der Waals surface area contributed by atoms with E-state index < -0.39 is 35.7 Å². The lowest BCUT2D eigenvalue weighted by Gasteiger charge is -2.22. The minimum absolute atomic E-state index is 0.285. The van der Waals surface area contributed by atoms with E-state index >= 15 is 0 Å². The van der Waals surface area contributed by atoms with E-state index in [-0.39, 0.29) is 5.69 Å². The topological polar surface area (TPSA) is 78.5 Å². The molecule has 1 atom stereocenters. The number of nitrogens with one attached hydrogen (secondary N) is 2. The summed E-state index contributed by atoms with van der Waals surface area (Å²) < 4.78 is 13.4. The van der Waals surface area contributed by atoms with Gasteiger partial charge in [-0.3, -0.25) is 14.5 Å². The number of carbonyl (C=O) groups is 3. The fourth-order valence-corrected chi connectivity index (χ4v) is 3.01. The van der Waals surface area contributed by atoms with Crippen molar-refractivity contribution in [3.8, 4) is 0 Å². The summed E-state index contributed by atoms with van der Waals surface area (Å²) in [5, 5.41) is 5.63. The number of hydrogen-bond donors (Lipinski definition) is 2. The molecule has 0 bridgehead atoms. The van der Waals surface area contributed by atoms with Gasteiger partial charge in [0.15, 0.2) is 0 Å². The fourth-order valence-electron chi connectivity index (χ4n) is 2.88. The normalized spacial score (nSPS) is 19.2. The highest BCUT2D eigenvalue weighted by Crippen LogP contribution is 2.29. The smallest absolute Gasteiger partial charge is 0.324 e. The second kappa shape index (κ2) is 7.00. The maximum absolute atomic E-state index is 13.4. The maximum atomic E-state index is 13.4. The first-order valence-electron chi connectivity index (χ1n) is 8.17. The van der Waals surface area contributed by atoms with Gasteiger partial charge in [-0.05, 0) is 49.2 Å². The van der Waals surface area contributed by atoms with Crippen molar-refractivity contribution >= 4 is 35.1 Å². The van der Waals surface area contributed by atoms with Crippen LogP contribution in [0.5, 0.6) is 0 Å². The van der Waals surface area contributed by atoms with Gasteiger partial charge in [-0.2, -0.15) is 0 Å². The van der Waals surface area contributed by atoms with E-state index in [2.05, 4.69) is 10.6 Å². The number of aryl methyl sites for hydroxylation is 1. The standard InChI is InChI=1S/C19H17ClFN3O3/c1-11-3-8-14(21)9-15(11)22-16(25)10-24-17(26)19(2,23-18(24)27)12-4-6-13(20)7-5-12/h3-9H,10H2,1-2H3,(H,22,25)(H,23,27)/t19-/m1/s1. The predicted molar refractivity (Wildman–Crippen MR) is 98.8 cm³/mol. The molecule has 0 saturated carbocycles. The molecule has 0 aliphatic carbocycles. The Balaban J connectivity index is 1.76. The molecule has 8 heteroatoms. The summed E-state index contributed by atoms with van der Waals surface area (Å²) in [4.78, 5) is 38.2. The van der Waals surface area contributed by atoms with Gasteiger partial charge in [0.25, 0.3) is 5.91 Å². The monoisotopic (exact) mass is 389 g/mol. The number of anilines is 1. The molecule has 2 aromatic carbocycles. The van der Waals surface area contributed by atoms with Crippen molar-refractivity contribution in [3.05, 3.63) is 64.4 Å². The van der Waals surface area contributed by atoms with E-state index in [0.717, 1.165) is 4.90 Å². The highest BCUT2D eigenvalue weighted by atomic mass is 35.5. The summed E-state index contributed by atoms with van der Waals surface area (Å²) >= 11 is 5.86. The molecule has 0 aromatic heterocycles. The van der Waals surface area contributed by atoms with Crippen molar-refractivity contribution in [2.24, 2.45) is 0 Å². The lowest BCUT2D eigenvalue weighted by Crippen LogP contribution is -2.42. The number of hydrogen-bond acceptors (Lipinski definition) is 3.